The van der Waals surface area contributed by atoms with Crippen LogP contribution in [0.15, 0.2) is 91.0 Å². The standard InChI is InChI=1S/C24H23N2OP/c1-18-23(19(2)26-25-18)24(20-12-6-3-7-13-20)28(27,21-14-8-4-9-15-21)22-16-10-5-11-17-22/h3-17,24H,1-2H3,(H,25,26)/t24-/m1/s1. The van der Waals surface area contributed by atoms with Crippen LogP contribution in [0, 0.1) is 13.8 Å². The largest absolute Gasteiger partial charge is 0.313 e. The van der Waals surface area contributed by atoms with Crippen LogP contribution < -0.4 is 10.6 Å². The third-order valence-electron chi connectivity index (χ3n) is 5.22. The van der Waals surface area contributed by atoms with Gasteiger partial charge in [-0.3, -0.25) is 5.10 Å². The van der Waals surface area contributed by atoms with Crippen molar-refractivity contribution in [2.75, 3.05) is 0 Å². The van der Waals surface area contributed by atoms with Crippen LogP contribution >= 0.6 is 7.14 Å². The van der Waals surface area contributed by atoms with Crippen molar-refractivity contribution in [1.82, 2.24) is 10.2 Å². The molecule has 140 valence electrons. The van der Waals surface area contributed by atoms with Crippen LogP contribution in [0.4, 0.5) is 0 Å². The van der Waals surface area contributed by atoms with E-state index in [1.807, 2.05) is 92.7 Å². The summed E-state index contributed by atoms with van der Waals surface area (Å²) in [5, 5.41) is 9.22. The average molecular weight is 386 g/mol. The smallest absolute Gasteiger partial charge is 0.154 e. The van der Waals surface area contributed by atoms with Crippen LogP contribution in [0.2, 0.25) is 0 Å². The van der Waals surface area contributed by atoms with Gasteiger partial charge < -0.3 is 4.57 Å². The van der Waals surface area contributed by atoms with Gasteiger partial charge in [-0.15, -0.1) is 0 Å². The lowest BCUT2D eigenvalue weighted by Gasteiger charge is -2.30. The van der Waals surface area contributed by atoms with Crippen LogP contribution in [0.3, 0.4) is 0 Å². The van der Waals surface area contributed by atoms with Gasteiger partial charge in [0.2, 0.25) is 0 Å². The maximum atomic E-state index is 15.1. The summed E-state index contributed by atoms with van der Waals surface area (Å²) in [6, 6.07) is 29.8. The van der Waals surface area contributed by atoms with Crippen LogP contribution in [0.5, 0.6) is 0 Å². The molecule has 4 rings (SSSR count). The van der Waals surface area contributed by atoms with Crippen molar-refractivity contribution in [3.63, 3.8) is 0 Å². The van der Waals surface area contributed by atoms with E-state index in [9.17, 15) is 0 Å². The maximum Gasteiger partial charge on any atom is 0.154 e. The molecule has 0 radical (unpaired) electrons. The van der Waals surface area contributed by atoms with Crippen molar-refractivity contribution in [2.45, 2.75) is 19.5 Å². The van der Waals surface area contributed by atoms with Gasteiger partial charge in [0.15, 0.2) is 7.14 Å². The summed E-state index contributed by atoms with van der Waals surface area (Å²) in [5.41, 5.74) is 3.59. The monoisotopic (exact) mass is 386 g/mol. The number of nitrogens with zero attached hydrogens (tertiary/aromatic N) is 1. The fourth-order valence-corrected chi connectivity index (χ4v) is 7.36. The third kappa shape index (κ3) is 3.12. The molecule has 3 nitrogen and oxygen atoms in total. The molecule has 0 unspecified atom stereocenters. The van der Waals surface area contributed by atoms with Crippen molar-refractivity contribution in [3.05, 3.63) is 114 Å². The molecular weight excluding hydrogens is 363 g/mol. The first-order chi connectivity index (χ1) is 13.6. The summed E-state index contributed by atoms with van der Waals surface area (Å²) in [6.07, 6.45) is 0. The fourth-order valence-electron chi connectivity index (χ4n) is 3.90. The molecule has 0 aliphatic carbocycles. The molecule has 1 N–H and O–H groups in total. The van der Waals surface area contributed by atoms with Crippen molar-refractivity contribution < 1.29 is 4.57 Å². The van der Waals surface area contributed by atoms with Crippen LogP contribution in [-0.2, 0) is 4.57 Å². The number of rotatable bonds is 5. The van der Waals surface area contributed by atoms with E-state index >= 15 is 4.57 Å². The van der Waals surface area contributed by atoms with Gasteiger partial charge in [-0.05, 0) is 19.4 Å². The molecule has 0 spiro atoms. The molecule has 4 heteroatoms. The number of aromatic nitrogens is 2. The van der Waals surface area contributed by atoms with Gasteiger partial charge in [-0.25, -0.2) is 0 Å². The summed E-state index contributed by atoms with van der Waals surface area (Å²) in [6.45, 7) is 3.99. The molecule has 0 aliphatic heterocycles. The molecule has 0 amide bonds. The molecule has 1 atom stereocenters. The lowest BCUT2D eigenvalue weighted by atomic mass is 10.0. The summed E-state index contributed by atoms with van der Waals surface area (Å²) >= 11 is 0. The van der Waals surface area contributed by atoms with Gasteiger partial charge in [-0.1, -0.05) is 91.0 Å². The second-order valence-electron chi connectivity index (χ2n) is 6.99. The Labute approximate surface area is 165 Å². The molecule has 0 saturated heterocycles. The minimum Gasteiger partial charge on any atom is -0.313 e. The third-order valence-corrected chi connectivity index (χ3v) is 8.63. The molecule has 4 aromatic rings. The second-order valence-corrected chi connectivity index (χ2v) is 9.86. The highest BCUT2D eigenvalue weighted by atomic mass is 31.2. The Kier molecular flexibility index (Phi) is 5.02. The second kappa shape index (κ2) is 7.61. The summed E-state index contributed by atoms with van der Waals surface area (Å²) in [5.74, 6) is 0. The fraction of sp³-hybridized carbons (Fsp3) is 0.125. The summed E-state index contributed by atoms with van der Waals surface area (Å²) in [7, 11) is -3.06. The molecule has 1 aromatic heterocycles. The van der Waals surface area contributed by atoms with Gasteiger partial charge in [-0.2, -0.15) is 5.10 Å². The number of H-pyrrole nitrogens is 1. The Morgan fingerprint density at radius 3 is 1.64 bits per heavy atom. The zero-order valence-electron chi connectivity index (χ0n) is 16.0. The van der Waals surface area contributed by atoms with Crippen LogP contribution in [-0.4, -0.2) is 10.2 Å². The number of hydrogen-bond acceptors (Lipinski definition) is 2. The average Bonchev–Trinajstić information content (AvgIpc) is 3.08. The number of hydrogen-bond donors (Lipinski definition) is 1. The zero-order chi connectivity index (χ0) is 19.6. The predicted octanol–water partition coefficient (Wildman–Crippen LogP) is 5.13. The van der Waals surface area contributed by atoms with E-state index in [2.05, 4.69) is 22.3 Å². The van der Waals surface area contributed by atoms with Crippen molar-refractivity contribution >= 4 is 17.8 Å². The van der Waals surface area contributed by atoms with E-state index < -0.39 is 7.14 Å². The van der Waals surface area contributed by atoms with Crippen molar-refractivity contribution in [1.29, 1.82) is 0 Å². The van der Waals surface area contributed by atoms with E-state index in [0.717, 1.165) is 33.1 Å². The van der Waals surface area contributed by atoms with Gasteiger partial charge in [0.05, 0.1) is 11.4 Å². The first-order valence-electron chi connectivity index (χ1n) is 9.39. The number of aryl methyl sites for hydroxylation is 2. The Morgan fingerprint density at radius 2 is 1.21 bits per heavy atom. The first kappa shape index (κ1) is 18.5. The number of nitrogens with one attached hydrogen (secondary N) is 1. The van der Waals surface area contributed by atoms with E-state index in [1.165, 1.54) is 0 Å². The Bertz CT molecular complexity index is 1040. The van der Waals surface area contributed by atoms with Gasteiger partial charge in [0.25, 0.3) is 0 Å². The lowest BCUT2D eigenvalue weighted by molar-refractivity contribution is 0.582. The minimum absolute atomic E-state index is 0.308. The molecule has 0 bridgehead atoms. The maximum absolute atomic E-state index is 15.1. The van der Waals surface area contributed by atoms with Crippen LogP contribution in [0.25, 0.3) is 0 Å². The summed E-state index contributed by atoms with van der Waals surface area (Å²) in [4.78, 5) is 0. The minimum atomic E-state index is -3.06. The normalized spacial score (nSPS) is 12.6. The van der Waals surface area contributed by atoms with Gasteiger partial charge in [0, 0.05) is 21.9 Å². The number of benzene rings is 3. The van der Waals surface area contributed by atoms with E-state index in [0.29, 0.717) is 0 Å². The zero-order valence-corrected chi connectivity index (χ0v) is 16.9. The van der Waals surface area contributed by atoms with Crippen molar-refractivity contribution in [3.8, 4) is 0 Å². The summed E-state index contributed by atoms with van der Waals surface area (Å²) < 4.78 is 15.1. The molecule has 3 aromatic carbocycles. The van der Waals surface area contributed by atoms with Gasteiger partial charge in [0.1, 0.15) is 0 Å². The Balaban J connectivity index is 2.07. The SMILES string of the molecule is Cc1n[nH]c(C)c1[C@@H](c1ccccc1)P(=O)(c1ccccc1)c1ccccc1. The highest BCUT2D eigenvalue weighted by Gasteiger charge is 2.40. The van der Waals surface area contributed by atoms with Gasteiger partial charge >= 0.3 is 0 Å². The molecule has 28 heavy (non-hydrogen) atoms. The Hall–Kier alpha value is -2.90. The quantitative estimate of drug-likeness (QED) is 0.483. The predicted molar refractivity (Wildman–Crippen MR) is 116 cm³/mol. The van der Waals surface area contributed by atoms with E-state index in [4.69, 9.17) is 0 Å². The Morgan fingerprint density at radius 1 is 0.750 bits per heavy atom. The first-order valence-corrected chi connectivity index (χ1v) is 11.2. The van der Waals surface area contributed by atoms with E-state index in [-0.39, 0.29) is 5.66 Å². The molecule has 0 fully saturated rings. The van der Waals surface area contributed by atoms with Crippen LogP contribution in [0.1, 0.15) is 28.2 Å². The highest BCUT2D eigenvalue weighted by molar-refractivity contribution is 7.79. The topological polar surface area (TPSA) is 45.8 Å². The number of aromatic amines is 1. The molecule has 0 aliphatic rings. The molecular formula is C24H23N2OP. The molecule has 1 heterocycles. The molecule has 0 saturated carbocycles. The highest BCUT2D eigenvalue weighted by Crippen LogP contribution is 2.60. The lowest BCUT2D eigenvalue weighted by Crippen LogP contribution is -2.22. The van der Waals surface area contributed by atoms with Crippen molar-refractivity contribution in [2.24, 2.45) is 0 Å². The van der Waals surface area contributed by atoms with E-state index in [1.54, 1.807) is 0 Å².